The lowest BCUT2D eigenvalue weighted by Crippen LogP contribution is -2.36. The highest BCUT2D eigenvalue weighted by Crippen LogP contribution is 2.36. The van der Waals surface area contributed by atoms with Gasteiger partial charge in [0, 0.05) is 18.3 Å². The SMILES string of the molecule is CC(C)CC(C)(C(=O)OCCCCCCn1cc(-c2ccccc2OC(F)(F)F)c(=O)[nH]c1=O)C(C)C. The van der Waals surface area contributed by atoms with Gasteiger partial charge in [0.1, 0.15) is 5.75 Å². The minimum absolute atomic E-state index is 0.0671. The maximum Gasteiger partial charge on any atom is 0.573 e. The van der Waals surface area contributed by atoms with Crippen LogP contribution in [-0.2, 0) is 16.1 Å². The summed E-state index contributed by atoms with van der Waals surface area (Å²) in [5.74, 6) is -0.169. The van der Waals surface area contributed by atoms with Crippen molar-refractivity contribution < 1.29 is 27.4 Å². The lowest BCUT2D eigenvalue weighted by atomic mass is 9.73. The maximum absolute atomic E-state index is 12.8. The maximum atomic E-state index is 12.8. The number of alkyl halides is 3. The Bertz CT molecular complexity index is 1150. The number of aromatic amines is 1. The number of nitrogens with one attached hydrogen (secondary N) is 1. The van der Waals surface area contributed by atoms with E-state index in [1.54, 1.807) is 0 Å². The lowest BCUT2D eigenvalue weighted by molar-refractivity contribution is -0.274. The van der Waals surface area contributed by atoms with Crippen molar-refractivity contribution >= 4 is 5.97 Å². The van der Waals surface area contributed by atoms with Crippen LogP contribution in [0.2, 0.25) is 0 Å². The van der Waals surface area contributed by atoms with Crippen LogP contribution in [0, 0.1) is 17.3 Å². The molecule has 1 unspecified atom stereocenters. The summed E-state index contributed by atoms with van der Waals surface area (Å²) >= 11 is 0. The minimum Gasteiger partial charge on any atom is -0.465 e. The number of carbonyl (C=O) groups excluding carboxylic acids is 1. The molecule has 2 rings (SSSR count). The van der Waals surface area contributed by atoms with Crippen LogP contribution in [0.15, 0.2) is 40.1 Å². The van der Waals surface area contributed by atoms with Crippen LogP contribution in [-0.4, -0.2) is 28.5 Å². The van der Waals surface area contributed by atoms with Gasteiger partial charge in [-0.3, -0.25) is 19.1 Å². The van der Waals surface area contributed by atoms with Crippen LogP contribution in [0.5, 0.6) is 5.75 Å². The first-order valence-electron chi connectivity index (χ1n) is 12.6. The van der Waals surface area contributed by atoms with E-state index >= 15 is 0 Å². The molecule has 0 bridgehead atoms. The Balaban J connectivity index is 1.93. The molecular weight excluding hydrogens is 489 g/mol. The highest BCUT2D eigenvalue weighted by Gasteiger charge is 2.38. The van der Waals surface area contributed by atoms with Crippen LogP contribution in [0.4, 0.5) is 13.2 Å². The van der Waals surface area contributed by atoms with E-state index in [0.717, 1.165) is 25.3 Å². The van der Waals surface area contributed by atoms with Gasteiger partial charge in [-0.1, -0.05) is 52.3 Å². The molecule has 1 heterocycles. The van der Waals surface area contributed by atoms with Crippen LogP contribution in [0.1, 0.15) is 66.7 Å². The Morgan fingerprint density at radius 2 is 1.65 bits per heavy atom. The number of para-hydroxylation sites is 1. The van der Waals surface area contributed by atoms with E-state index in [1.807, 2.05) is 20.8 Å². The third-order valence-corrected chi connectivity index (χ3v) is 6.51. The zero-order valence-corrected chi connectivity index (χ0v) is 22.1. The van der Waals surface area contributed by atoms with Gasteiger partial charge in [0.15, 0.2) is 0 Å². The monoisotopic (exact) mass is 526 g/mol. The number of benzene rings is 1. The van der Waals surface area contributed by atoms with Crippen LogP contribution < -0.4 is 16.0 Å². The minimum atomic E-state index is -4.92. The standard InChI is InChI=1S/C27H37F3N2O5/c1-18(2)16-26(5,19(3)4)24(34)36-15-11-7-6-10-14-32-17-21(23(33)31-25(32)35)20-12-8-9-13-22(20)37-27(28,29)30/h8-9,12-13,17-19H,6-7,10-11,14-16H2,1-5H3,(H,31,33,35). The topological polar surface area (TPSA) is 90.4 Å². The van der Waals surface area contributed by atoms with Gasteiger partial charge >= 0.3 is 18.0 Å². The van der Waals surface area contributed by atoms with Gasteiger partial charge in [-0.05, 0) is 50.5 Å². The predicted octanol–water partition coefficient (Wildman–Crippen LogP) is 5.91. The van der Waals surface area contributed by atoms with Crippen molar-refractivity contribution in [3.63, 3.8) is 0 Å². The molecule has 0 aliphatic rings. The van der Waals surface area contributed by atoms with Gasteiger partial charge in [0.05, 0.1) is 17.6 Å². The number of hydrogen-bond acceptors (Lipinski definition) is 5. The molecule has 206 valence electrons. The fourth-order valence-corrected chi connectivity index (χ4v) is 4.24. The Morgan fingerprint density at radius 3 is 2.27 bits per heavy atom. The molecule has 1 aromatic carbocycles. The molecule has 0 aliphatic carbocycles. The van der Waals surface area contributed by atoms with Crippen molar-refractivity contribution in [1.82, 2.24) is 9.55 Å². The van der Waals surface area contributed by atoms with Crippen molar-refractivity contribution in [2.45, 2.75) is 79.6 Å². The zero-order valence-electron chi connectivity index (χ0n) is 22.1. The molecule has 2 aromatic rings. The number of halogens is 3. The molecule has 0 aliphatic heterocycles. The molecule has 0 spiro atoms. The van der Waals surface area contributed by atoms with Gasteiger partial charge < -0.3 is 9.47 Å². The van der Waals surface area contributed by atoms with E-state index in [9.17, 15) is 27.6 Å². The summed E-state index contributed by atoms with van der Waals surface area (Å²) in [7, 11) is 0. The van der Waals surface area contributed by atoms with Crippen molar-refractivity contribution in [1.29, 1.82) is 0 Å². The number of rotatable bonds is 13. The summed E-state index contributed by atoms with van der Waals surface area (Å²) in [5, 5.41) is 0. The van der Waals surface area contributed by atoms with E-state index in [2.05, 4.69) is 23.6 Å². The number of unbranched alkanes of at least 4 members (excludes halogenated alkanes) is 3. The molecule has 1 aromatic heterocycles. The van der Waals surface area contributed by atoms with Crippen LogP contribution in [0.25, 0.3) is 11.1 Å². The first-order chi connectivity index (χ1) is 17.2. The predicted molar refractivity (Wildman–Crippen MR) is 135 cm³/mol. The number of carbonyl (C=O) groups is 1. The Kier molecular flexibility index (Phi) is 10.6. The second-order valence-corrected chi connectivity index (χ2v) is 10.3. The van der Waals surface area contributed by atoms with Crippen LogP contribution >= 0.6 is 0 Å². The molecule has 0 saturated carbocycles. The molecule has 0 fully saturated rings. The molecule has 0 saturated heterocycles. The van der Waals surface area contributed by atoms with Gasteiger partial charge in [-0.25, -0.2) is 4.79 Å². The van der Waals surface area contributed by atoms with Crippen molar-refractivity contribution in [2.24, 2.45) is 17.3 Å². The second-order valence-electron chi connectivity index (χ2n) is 10.3. The van der Waals surface area contributed by atoms with Crippen molar-refractivity contribution in [3.05, 3.63) is 51.3 Å². The van der Waals surface area contributed by atoms with Crippen molar-refractivity contribution in [3.8, 4) is 16.9 Å². The fraction of sp³-hybridized carbons (Fsp3) is 0.593. The normalized spacial score (nSPS) is 13.6. The van der Waals surface area contributed by atoms with Gasteiger partial charge in [0.2, 0.25) is 0 Å². The van der Waals surface area contributed by atoms with Crippen LogP contribution in [0.3, 0.4) is 0 Å². The zero-order chi connectivity index (χ0) is 27.8. The fourth-order valence-electron chi connectivity index (χ4n) is 4.24. The first-order valence-corrected chi connectivity index (χ1v) is 12.6. The summed E-state index contributed by atoms with van der Waals surface area (Å²) in [4.78, 5) is 39.4. The summed E-state index contributed by atoms with van der Waals surface area (Å²) in [5.41, 5.74) is -2.13. The number of aromatic nitrogens is 2. The Hall–Kier alpha value is -3.04. The average molecular weight is 527 g/mol. The summed E-state index contributed by atoms with van der Waals surface area (Å²) < 4.78 is 49.2. The highest BCUT2D eigenvalue weighted by atomic mass is 19.4. The molecule has 1 atom stereocenters. The number of ether oxygens (including phenoxy) is 2. The average Bonchev–Trinajstić information content (AvgIpc) is 2.78. The van der Waals surface area contributed by atoms with Gasteiger partial charge in [0.25, 0.3) is 5.56 Å². The number of nitrogens with zero attached hydrogens (tertiary/aromatic N) is 1. The lowest BCUT2D eigenvalue weighted by Gasteiger charge is -2.32. The van der Waals surface area contributed by atoms with E-state index in [4.69, 9.17) is 4.74 Å². The van der Waals surface area contributed by atoms with E-state index in [1.165, 1.54) is 29.0 Å². The Morgan fingerprint density at radius 1 is 1.00 bits per heavy atom. The molecule has 7 nitrogen and oxygen atoms in total. The van der Waals surface area contributed by atoms with Crippen molar-refractivity contribution in [2.75, 3.05) is 6.61 Å². The quantitative estimate of drug-likeness (QED) is 0.259. The number of H-pyrrole nitrogens is 1. The summed E-state index contributed by atoms with van der Waals surface area (Å²) in [6, 6.07) is 5.27. The molecule has 10 heteroatoms. The molecule has 0 radical (unpaired) electrons. The van der Waals surface area contributed by atoms with E-state index in [0.29, 0.717) is 25.4 Å². The summed E-state index contributed by atoms with van der Waals surface area (Å²) in [6.07, 6.45) is -0.141. The van der Waals surface area contributed by atoms with Gasteiger partial charge in [-0.2, -0.15) is 0 Å². The largest absolute Gasteiger partial charge is 0.573 e. The molecule has 0 amide bonds. The number of aryl methyl sites for hydroxylation is 1. The molecular formula is C27H37F3N2O5. The van der Waals surface area contributed by atoms with Gasteiger partial charge in [-0.15, -0.1) is 13.2 Å². The third-order valence-electron chi connectivity index (χ3n) is 6.51. The smallest absolute Gasteiger partial charge is 0.465 e. The highest BCUT2D eigenvalue weighted by molar-refractivity contribution is 5.76. The molecule has 1 N–H and O–H groups in total. The first kappa shape index (κ1) is 30.2. The Labute approximate surface area is 215 Å². The number of esters is 1. The summed E-state index contributed by atoms with van der Waals surface area (Å²) in [6.45, 7) is 10.7. The third kappa shape index (κ3) is 8.79. The van der Waals surface area contributed by atoms with E-state index < -0.39 is 28.8 Å². The van der Waals surface area contributed by atoms with E-state index in [-0.39, 0.29) is 29.6 Å². The number of hydrogen-bond donors (Lipinski definition) is 1. The second kappa shape index (κ2) is 13.0. The molecule has 37 heavy (non-hydrogen) atoms.